The molecule has 4 rings (SSSR count). The van der Waals surface area contributed by atoms with Crippen molar-refractivity contribution in [1.29, 1.82) is 0 Å². The SMILES string of the molecule is COC(=O)c1ccc(C(C)Cc2ccc(OCc3c(-c4c(Cl)cccc4Cl)noc3C(C)(C)O)cc2Cl)cc1. The molecule has 0 spiro atoms. The van der Waals surface area contributed by atoms with E-state index in [9.17, 15) is 9.90 Å². The summed E-state index contributed by atoms with van der Waals surface area (Å²) in [5.74, 6) is 0.590. The van der Waals surface area contributed by atoms with Gasteiger partial charge in [-0.1, -0.05) is 71.1 Å². The minimum atomic E-state index is -1.32. The Bertz CT molecular complexity index is 1450. The molecule has 0 aliphatic carbocycles. The second kappa shape index (κ2) is 12.0. The molecule has 1 aromatic heterocycles. The average molecular weight is 589 g/mol. The molecule has 39 heavy (non-hydrogen) atoms. The van der Waals surface area contributed by atoms with Crippen LogP contribution in [0.25, 0.3) is 11.3 Å². The number of hydrogen-bond acceptors (Lipinski definition) is 6. The van der Waals surface area contributed by atoms with Crippen molar-refractivity contribution in [3.05, 3.63) is 104 Å². The maximum Gasteiger partial charge on any atom is 0.337 e. The van der Waals surface area contributed by atoms with Crippen molar-refractivity contribution in [2.75, 3.05) is 7.11 Å². The molecular formula is C30H28Cl3NO5. The lowest BCUT2D eigenvalue weighted by Crippen LogP contribution is -2.17. The highest BCUT2D eigenvalue weighted by atomic mass is 35.5. The standard InChI is InChI=1S/C30H28Cl3NO5/c1-17(18-8-10-19(11-9-18)29(35)37-4)14-20-12-13-21(15-25(20)33)38-16-22-27(34-39-28(22)30(2,3)36)26-23(31)6-5-7-24(26)32/h5-13,15,17,36H,14,16H2,1-4H3. The summed E-state index contributed by atoms with van der Waals surface area (Å²) in [4.78, 5) is 11.7. The quantitative estimate of drug-likeness (QED) is 0.198. The lowest BCUT2D eigenvalue weighted by Gasteiger charge is -2.17. The molecule has 9 heteroatoms. The predicted octanol–water partition coefficient (Wildman–Crippen LogP) is 8.24. The van der Waals surface area contributed by atoms with Crippen molar-refractivity contribution in [2.45, 2.75) is 45.3 Å². The van der Waals surface area contributed by atoms with Gasteiger partial charge in [-0.3, -0.25) is 0 Å². The Kier molecular flexibility index (Phi) is 8.92. The van der Waals surface area contributed by atoms with Crippen LogP contribution >= 0.6 is 34.8 Å². The van der Waals surface area contributed by atoms with Crippen LogP contribution in [0.2, 0.25) is 15.1 Å². The van der Waals surface area contributed by atoms with Crippen molar-refractivity contribution in [3.8, 4) is 17.0 Å². The highest BCUT2D eigenvalue weighted by molar-refractivity contribution is 6.39. The van der Waals surface area contributed by atoms with Crippen LogP contribution in [-0.2, 0) is 23.4 Å². The van der Waals surface area contributed by atoms with Gasteiger partial charge in [-0.2, -0.15) is 0 Å². The number of esters is 1. The number of aliphatic hydroxyl groups is 1. The molecular weight excluding hydrogens is 561 g/mol. The van der Waals surface area contributed by atoms with E-state index in [2.05, 4.69) is 12.1 Å². The van der Waals surface area contributed by atoms with Crippen LogP contribution in [0.4, 0.5) is 0 Å². The highest BCUT2D eigenvalue weighted by Gasteiger charge is 2.31. The van der Waals surface area contributed by atoms with E-state index < -0.39 is 5.60 Å². The summed E-state index contributed by atoms with van der Waals surface area (Å²) in [7, 11) is 1.36. The molecule has 3 aromatic carbocycles. The minimum absolute atomic E-state index is 0.0400. The number of benzene rings is 3. The Morgan fingerprint density at radius 3 is 2.28 bits per heavy atom. The fourth-order valence-electron chi connectivity index (χ4n) is 4.30. The van der Waals surface area contributed by atoms with Gasteiger partial charge in [-0.05, 0) is 73.7 Å². The summed E-state index contributed by atoms with van der Waals surface area (Å²) >= 11 is 19.5. The van der Waals surface area contributed by atoms with Crippen LogP contribution in [0.5, 0.6) is 5.75 Å². The lowest BCUT2D eigenvalue weighted by molar-refractivity contribution is 0.0452. The first-order chi connectivity index (χ1) is 18.5. The Balaban J connectivity index is 1.52. The zero-order chi connectivity index (χ0) is 28.3. The van der Waals surface area contributed by atoms with Gasteiger partial charge in [-0.15, -0.1) is 0 Å². The average Bonchev–Trinajstić information content (AvgIpc) is 3.32. The summed E-state index contributed by atoms with van der Waals surface area (Å²) < 4.78 is 16.4. The number of carbonyl (C=O) groups excluding carboxylic acids is 1. The second-order valence-electron chi connectivity index (χ2n) is 9.76. The first kappa shape index (κ1) is 29.0. The van der Waals surface area contributed by atoms with Crippen LogP contribution in [0.1, 0.15) is 59.5 Å². The normalized spacial score (nSPS) is 12.3. The monoisotopic (exact) mass is 587 g/mol. The summed E-state index contributed by atoms with van der Waals surface area (Å²) in [5, 5.41) is 16.2. The molecule has 0 bridgehead atoms. The van der Waals surface area contributed by atoms with Gasteiger partial charge in [0.25, 0.3) is 0 Å². The summed E-state index contributed by atoms with van der Waals surface area (Å²) in [6.07, 6.45) is 0.695. The van der Waals surface area contributed by atoms with E-state index in [-0.39, 0.29) is 24.3 Å². The molecule has 1 N–H and O–H groups in total. The van der Waals surface area contributed by atoms with Crippen LogP contribution in [0, 0.1) is 0 Å². The molecule has 0 saturated carbocycles. The summed E-state index contributed by atoms with van der Waals surface area (Å²) in [6.45, 7) is 5.34. The Morgan fingerprint density at radius 2 is 1.69 bits per heavy atom. The van der Waals surface area contributed by atoms with E-state index >= 15 is 0 Å². The number of ether oxygens (including phenoxy) is 2. The van der Waals surface area contributed by atoms with E-state index in [4.69, 9.17) is 48.8 Å². The van der Waals surface area contributed by atoms with Crippen molar-refractivity contribution >= 4 is 40.8 Å². The van der Waals surface area contributed by atoms with Gasteiger partial charge in [0, 0.05) is 10.6 Å². The van der Waals surface area contributed by atoms with Crippen molar-refractivity contribution in [3.63, 3.8) is 0 Å². The fourth-order valence-corrected chi connectivity index (χ4v) is 5.12. The van der Waals surface area contributed by atoms with E-state index in [1.54, 1.807) is 50.2 Å². The van der Waals surface area contributed by atoms with Crippen molar-refractivity contribution in [2.24, 2.45) is 0 Å². The van der Waals surface area contributed by atoms with E-state index in [1.165, 1.54) is 7.11 Å². The number of hydrogen-bond donors (Lipinski definition) is 1. The highest BCUT2D eigenvalue weighted by Crippen LogP contribution is 2.40. The second-order valence-corrected chi connectivity index (χ2v) is 11.0. The number of rotatable bonds is 9. The number of methoxy groups -OCH3 is 1. The zero-order valence-corrected chi connectivity index (χ0v) is 24.2. The van der Waals surface area contributed by atoms with Gasteiger partial charge in [-0.25, -0.2) is 4.79 Å². The third-order valence-corrected chi connectivity index (χ3v) is 7.36. The molecule has 0 aliphatic rings. The largest absolute Gasteiger partial charge is 0.489 e. The van der Waals surface area contributed by atoms with Crippen LogP contribution in [-0.4, -0.2) is 23.3 Å². The van der Waals surface area contributed by atoms with E-state index in [1.807, 2.05) is 24.3 Å². The molecule has 0 fully saturated rings. The molecule has 1 atom stereocenters. The van der Waals surface area contributed by atoms with Crippen LogP contribution in [0.3, 0.4) is 0 Å². The van der Waals surface area contributed by atoms with Gasteiger partial charge in [0.1, 0.15) is 23.7 Å². The first-order valence-electron chi connectivity index (χ1n) is 12.2. The maximum atomic E-state index is 11.7. The molecule has 0 amide bonds. The molecule has 204 valence electrons. The maximum absolute atomic E-state index is 11.7. The molecule has 6 nitrogen and oxygen atoms in total. The molecule has 0 aliphatic heterocycles. The molecule has 1 unspecified atom stereocenters. The third kappa shape index (κ3) is 6.59. The smallest absolute Gasteiger partial charge is 0.337 e. The number of nitrogens with zero attached hydrogens (tertiary/aromatic N) is 1. The Hall–Kier alpha value is -3.03. The van der Waals surface area contributed by atoms with Gasteiger partial charge in [0.2, 0.25) is 0 Å². The topological polar surface area (TPSA) is 81.8 Å². The molecule has 4 aromatic rings. The third-order valence-electron chi connectivity index (χ3n) is 6.38. The molecule has 1 heterocycles. The van der Waals surface area contributed by atoms with Crippen molar-refractivity contribution < 1.29 is 23.9 Å². The first-order valence-corrected chi connectivity index (χ1v) is 13.4. The Morgan fingerprint density at radius 1 is 1.03 bits per heavy atom. The van der Waals surface area contributed by atoms with Gasteiger partial charge in [0.05, 0.1) is 28.3 Å². The van der Waals surface area contributed by atoms with Crippen molar-refractivity contribution in [1.82, 2.24) is 5.16 Å². The van der Waals surface area contributed by atoms with E-state index in [0.29, 0.717) is 49.6 Å². The van der Waals surface area contributed by atoms with Gasteiger partial charge < -0.3 is 19.1 Å². The minimum Gasteiger partial charge on any atom is -0.489 e. The molecule has 0 saturated heterocycles. The lowest BCUT2D eigenvalue weighted by atomic mass is 9.93. The van der Waals surface area contributed by atoms with Gasteiger partial charge in [0.15, 0.2) is 5.76 Å². The molecule has 0 radical (unpaired) electrons. The fraction of sp³-hybridized carbons (Fsp3) is 0.267. The van der Waals surface area contributed by atoms with E-state index in [0.717, 1.165) is 11.1 Å². The number of carbonyl (C=O) groups is 1. The zero-order valence-electron chi connectivity index (χ0n) is 21.9. The van der Waals surface area contributed by atoms with Gasteiger partial charge >= 0.3 is 5.97 Å². The van der Waals surface area contributed by atoms with Crippen LogP contribution in [0.15, 0.2) is 65.2 Å². The predicted molar refractivity (Wildman–Crippen MR) is 153 cm³/mol. The number of aromatic nitrogens is 1. The summed E-state index contributed by atoms with van der Waals surface area (Å²) in [6, 6.07) is 18.0. The summed E-state index contributed by atoms with van der Waals surface area (Å²) in [5.41, 5.74) is 2.66. The number of halogens is 3. The Labute approximate surface area is 242 Å². The van der Waals surface area contributed by atoms with Crippen LogP contribution < -0.4 is 4.74 Å².